The van der Waals surface area contributed by atoms with Gasteiger partial charge in [-0.1, -0.05) is 36.7 Å². The van der Waals surface area contributed by atoms with Crippen molar-refractivity contribution in [2.75, 3.05) is 31.1 Å². The Morgan fingerprint density at radius 3 is 2.29 bits per heavy atom. The first kappa shape index (κ1) is 21.4. The summed E-state index contributed by atoms with van der Waals surface area (Å²) in [5.74, 6) is 0.474. The van der Waals surface area contributed by atoms with Crippen molar-refractivity contribution in [2.24, 2.45) is 0 Å². The first-order chi connectivity index (χ1) is 14.9. The Morgan fingerprint density at radius 2 is 1.68 bits per heavy atom. The number of aromatic nitrogens is 1. The first-order valence-corrected chi connectivity index (χ1v) is 11.9. The average Bonchev–Trinajstić information content (AvgIpc) is 3.26. The Morgan fingerprint density at radius 1 is 1.03 bits per heavy atom. The molecule has 1 amide bonds. The molecule has 0 spiro atoms. The minimum absolute atomic E-state index is 0.0798. The van der Waals surface area contributed by atoms with E-state index in [1.807, 2.05) is 11.8 Å². The van der Waals surface area contributed by atoms with Gasteiger partial charge in [-0.15, -0.1) is 0 Å². The molecule has 7 nitrogen and oxygen atoms in total. The molecule has 0 aliphatic carbocycles. The van der Waals surface area contributed by atoms with Crippen molar-refractivity contribution >= 4 is 33.2 Å². The second-order valence-electron chi connectivity index (χ2n) is 7.17. The predicted molar refractivity (Wildman–Crippen MR) is 118 cm³/mol. The number of carbonyl (C=O) groups excluding carboxylic acids is 1. The Balaban J connectivity index is 1.75. The third kappa shape index (κ3) is 4.31. The molecule has 0 saturated carbocycles. The number of anilines is 1. The molecule has 1 aliphatic heterocycles. The molecule has 1 aliphatic rings. The minimum Gasteiger partial charge on any atom is -0.419 e. The molecular weight excluding hydrogens is 438 g/mol. The van der Waals surface area contributed by atoms with E-state index in [0.717, 1.165) is 0 Å². The molecule has 0 unspecified atom stereocenters. The van der Waals surface area contributed by atoms with Crippen molar-refractivity contribution in [2.45, 2.75) is 23.3 Å². The number of nitrogens with zero attached hydrogens (tertiary/aromatic N) is 3. The quantitative estimate of drug-likeness (QED) is 0.575. The highest BCUT2D eigenvalue weighted by Crippen LogP contribution is 2.35. The second-order valence-corrected chi connectivity index (χ2v) is 9.48. The van der Waals surface area contributed by atoms with Gasteiger partial charge in [0.05, 0.1) is 4.90 Å². The van der Waals surface area contributed by atoms with Gasteiger partial charge in [0.25, 0.3) is 0 Å². The number of amides is 1. The molecule has 0 bridgehead atoms. The van der Waals surface area contributed by atoms with E-state index < -0.39 is 9.84 Å². The fourth-order valence-electron chi connectivity index (χ4n) is 3.48. The molecule has 4 rings (SSSR count). The van der Waals surface area contributed by atoms with E-state index in [1.165, 1.54) is 12.1 Å². The molecule has 0 atom stereocenters. The van der Waals surface area contributed by atoms with Crippen LogP contribution < -0.4 is 4.90 Å². The van der Waals surface area contributed by atoms with Crippen LogP contribution in [0.25, 0.3) is 11.5 Å². The molecule has 31 heavy (non-hydrogen) atoms. The number of hydrogen-bond donors (Lipinski definition) is 0. The summed E-state index contributed by atoms with van der Waals surface area (Å²) >= 11 is 5.97. The van der Waals surface area contributed by atoms with Crippen molar-refractivity contribution in [1.82, 2.24) is 9.88 Å². The molecule has 2 heterocycles. The number of carbonyl (C=O) groups is 1. The lowest BCUT2D eigenvalue weighted by molar-refractivity contribution is -0.131. The Kier molecular flexibility index (Phi) is 6.02. The fourth-order valence-corrected chi connectivity index (χ4v) is 4.95. The SMILES string of the molecule is CCC(=O)N1CCN(c2oc(-c3ccc(Cl)cc3)nc2S(=O)(=O)c2ccccc2)CC1. The Labute approximate surface area is 186 Å². The number of oxazole rings is 1. The number of benzene rings is 2. The predicted octanol–water partition coefficient (Wildman–Crippen LogP) is 3.89. The molecule has 0 radical (unpaired) electrons. The van der Waals surface area contributed by atoms with Crippen LogP contribution in [-0.4, -0.2) is 50.4 Å². The van der Waals surface area contributed by atoms with E-state index in [2.05, 4.69) is 4.98 Å². The van der Waals surface area contributed by atoms with Crippen molar-refractivity contribution in [3.63, 3.8) is 0 Å². The highest BCUT2D eigenvalue weighted by atomic mass is 35.5. The molecule has 2 aromatic carbocycles. The highest BCUT2D eigenvalue weighted by Gasteiger charge is 2.33. The number of sulfone groups is 1. The first-order valence-electron chi connectivity index (χ1n) is 9.99. The maximum atomic E-state index is 13.4. The van der Waals surface area contributed by atoms with Crippen LogP contribution in [0.4, 0.5) is 5.88 Å². The third-order valence-corrected chi connectivity index (χ3v) is 7.12. The number of rotatable bonds is 5. The maximum absolute atomic E-state index is 13.4. The monoisotopic (exact) mass is 459 g/mol. The van der Waals surface area contributed by atoms with Crippen LogP contribution >= 0.6 is 11.6 Å². The van der Waals surface area contributed by atoms with E-state index in [9.17, 15) is 13.2 Å². The zero-order chi connectivity index (χ0) is 22.0. The van der Waals surface area contributed by atoms with E-state index in [4.69, 9.17) is 16.0 Å². The maximum Gasteiger partial charge on any atom is 0.236 e. The number of halogens is 1. The molecule has 162 valence electrons. The summed E-state index contributed by atoms with van der Waals surface area (Å²) in [6.45, 7) is 3.73. The van der Waals surface area contributed by atoms with Crippen molar-refractivity contribution < 1.29 is 17.6 Å². The van der Waals surface area contributed by atoms with Gasteiger partial charge in [-0.05, 0) is 36.4 Å². The summed E-state index contributed by atoms with van der Waals surface area (Å²) in [7, 11) is -3.90. The lowest BCUT2D eigenvalue weighted by Gasteiger charge is -2.34. The van der Waals surface area contributed by atoms with Crippen molar-refractivity contribution in [3.8, 4) is 11.5 Å². The van der Waals surface area contributed by atoms with E-state index in [-0.39, 0.29) is 27.6 Å². The van der Waals surface area contributed by atoms with Crippen LogP contribution in [0.2, 0.25) is 5.02 Å². The second kappa shape index (κ2) is 8.72. The van der Waals surface area contributed by atoms with Gasteiger partial charge in [0.2, 0.25) is 32.5 Å². The molecule has 1 fully saturated rings. The third-order valence-electron chi connectivity index (χ3n) is 5.20. The van der Waals surface area contributed by atoms with Gasteiger partial charge in [-0.25, -0.2) is 8.42 Å². The van der Waals surface area contributed by atoms with Gasteiger partial charge in [0, 0.05) is 43.2 Å². The zero-order valence-electron chi connectivity index (χ0n) is 17.0. The van der Waals surface area contributed by atoms with Crippen LogP contribution in [0.15, 0.2) is 68.9 Å². The number of piperazine rings is 1. The molecule has 1 aromatic heterocycles. The van der Waals surface area contributed by atoms with Gasteiger partial charge < -0.3 is 14.2 Å². The standard InChI is InChI=1S/C22H22ClN3O4S/c1-2-19(27)25-12-14-26(15-13-25)22-21(31(28,29)18-6-4-3-5-7-18)24-20(30-22)16-8-10-17(23)11-9-16/h3-11H,2,12-15H2,1H3. The van der Waals surface area contributed by atoms with Crippen molar-refractivity contribution in [1.29, 1.82) is 0 Å². The summed E-state index contributed by atoms with van der Waals surface area (Å²) < 4.78 is 32.8. The van der Waals surface area contributed by atoms with Gasteiger partial charge in [0.15, 0.2) is 0 Å². The van der Waals surface area contributed by atoms with Crippen LogP contribution in [-0.2, 0) is 14.6 Å². The van der Waals surface area contributed by atoms with Gasteiger partial charge in [0.1, 0.15) is 0 Å². The summed E-state index contributed by atoms with van der Waals surface area (Å²) in [6, 6.07) is 15.0. The lowest BCUT2D eigenvalue weighted by Crippen LogP contribution is -2.48. The van der Waals surface area contributed by atoms with E-state index >= 15 is 0 Å². The lowest BCUT2D eigenvalue weighted by atomic mass is 10.2. The normalized spacial score (nSPS) is 14.6. The Bertz CT molecular complexity index is 1170. The topological polar surface area (TPSA) is 83.7 Å². The van der Waals surface area contributed by atoms with Gasteiger partial charge in [-0.3, -0.25) is 4.79 Å². The van der Waals surface area contributed by atoms with Gasteiger partial charge in [-0.2, -0.15) is 4.98 Å². The van der Waals surface area contributed by atoms with Crippen LogP contribution in [0.3, 0.4) is 0 Å². The van der Waals surface area contributed by atoms with Crippen LogP contribution in [0.5, 0.6) is 0 Å². The smallest absolute Gasteiger partial charge is 0.236 e. The minimum atomic E-state index is -3.90. The fraction of sp³-hybridized carbons (Fsp3) is 0.273. The largest absolute Gasteiger partial charge is 0.419 e. The molecule has 9 heteroatoms. The average molecular weight is 460 g/mol. The van der Waals surface area contributed by atoms with E-state index in [1.54, 1.807) is 47.4 Å². The highest BCUT2D eigenvalue weighted by molar-refractivity contribution is 7.91. The van der Waals surface area contributed by atoms with Crippen LogP contribution in [0, 0.1) is 0 Å². The summed E-state index contributed by atoms with van der Waals surface area (Å²) in [5, 5.41) is 0.434. The Hall–Kier alpha value is -2.84. The zero-order valence-corrected chi connectivity index (χ0v) is 18.6. The summed E-state index contributed by atoms with van der Waals surface area (Å²) in [4.78, 5) is 20.1. The molecule has 0 N–H and O–H groups in total. The summed E-state index contributed by atoms with van der Waals surface area (Å²) in [5.41, 5.74) is 0.625. The van der Waals surface area contributed by atoms with Gasteiger partial charge >= 0.3 is 0 Å². The van der Waals surface area contributed by atoms with E-state index in [0.29, 0.717) is 43.2 Å². The number of hydrogen-bond acceptors (Lipinski definition) is 6. The molecule has 1 saturated heterocycles. The molecular formula is C22H22ClN3O4S. The van der Waals surface area contributed by atoms with Crippen molar-refractivity contribution in [3.05, 3.63) is 59.6 Å². The summed E-state index contributed by atoms with van der Waals surface area (Å²) in [6.07, 6.45) is 0.441. The molecule has 3 aromatic rings. The van der Waals surface area contributed by atoms with Crippen LogP contribution in [0.1, 0.15) is 13.3 Å².